The summed E-state index contributed by atoms with van der Waals surface area (Å²) in [6.45, 7) is 0. The summed E-state index contributed by atoms with van der Waals surface area (Å²) in [7, 11) is 0. The minimum absolute atomic E-state index is 0.450. The zero-order valence-corrected chi connectivity index (χ0v) is 9.38. The average molecular weight is 276 g/mol. The summed E-state index contributed by atoms with van der Waals surface area (Å²) in [5.74, 6) is -6.08. The normalized spacial score (nSPS) is 13.9. The third kappa shape index (κ3) is 3.46. The third-order valence-electron chi connectivity index (χ3n) is 2.37. The molecule has 0 heterocycles. The number of carboxylic acid groups (broad SMARTS) is 2. The van der Waals surface area contributed by atoms with Crippen LogP contribution >= 0.6 is 0 Å². The van der Waals surface area contributed by atoms with Crippen molar-refractivity contribution in [1.29, 1.82) is 0 Å². The van der Waals surface area contributed by atoms with Gasteiger partial charge in [0.05, 0.1) is 12.5 Å². The van der Waals surface area contributed by atoms with Crippen LogP contribution in [0, 0.1) is 11.6 Å². The first-order valence-corrected chi connectivity index (χ1v) is 5.04. The highest BCUT2D eigenvalue weighted by Crippen LogP contribution is 2.23. The topological polar surface area (TPSA) is 115 Å². The first-order valence-electron chi connectivity index (χ1n) is 5.04. The van der Waals surface area contributed by atoms with Crippen LogP contribution in [0.2, 0.25) is 0 Å². The fourth-order valence-electron chi connectivity index (χ4n) is 1.48. The van der Waals surface area contributed by atoms with Gasteiger partial charge in [-0.1, -0.05) is 0 Å². The molecule has 0 bridgehead atoms. The molecule has 2 unspecified atom stereocenters. The largest absolute Gasteiger partial charge is 0.481 e. The van der Waals surface area contributed by atoms with E-state index in [1.807, 2.05) is 0 Å². The van der Waals surface area contributed by atoms with Crippen LogP contribution in [0.3, 0.4) is 0 Å². The molecule has 0 spiro atoms. The van der Waals surface area contributed by atoms with Crippen LogP contribution in [-0.4, -0.2) is 38.5 Å². The van der Waals surface area contributed by atoms with E-state index in [4.69, 9.17) is 10.2 Å². The lowest BCUT2D eigenvalue weighted by atomic mass is 10.00. The maximum Gasteiger partial charge on any atom is 0.341 e. The standard InChI is InChI=1S/C11H10F2O6/c12-5-1-4(2-6(13)9(5)11(18)19)10(17)7(14)3-8(15)16/h1-2,7,10,14,17H,3H2,(H,15,16)(H,18,19). The van der Waals surface area contributed by atoms with Gasteiger partial charge in [-0.3, -0.25) is 4.79 Å². The predicted molar refractivity (Wildman–Crippen MR) is 56.5 cm³/mol. The summed E-state index contributed by atoms with van der Waals surface area (Å²) in [6, 6.07) is 1.06. The molecule has 8 heteroatoms. The zero-order chi connectivity index (χ0) is 14.7. The van der Waals surface area contributed by atoms with E-state index in [9.17, 15) is 28.6 Å². The van der Waals surface area contributed by atoms with Gasteiger partial charge in [-0.2, -0.15) is 0 Å². The molecule has 1 rings (SSSR count). The van der Waals surface area contributed by atoms with Gasteiger partial charge in [-0.05, 0) is 17.7 Å². The highest BCUT2D eigenvalue weighted by molar-refractivity contribution is 5.88. The fourth-order valence-corrected chi connectivity index (χ4v) is 1.48. The van der Waals surface area contributed by atoms with E-state index in [0.717, 1.165) is 0 Å². The van der Waals surface area contributed by atoms with E-state index in [0.29, 0.717) is 12.1 Å². The molecular formula is C11H10F2O6. The van der Waals surface area contributed by atoms with Gasteiger partial charge in [-0.25, -0.2) is 13.6 Å². The Morgan fingerprint density at radius 1 is 1.11 bits per heavy atom. The van der Waals surface area contributed by atoms with Crippen molar-refractivity contribution < 1.29 is 38.8 Å². The summed E-state index contributed by atoms with van der Waals surface area (Å²) in [5.41, 5.74) is -1.64. The van der Waals surface area contributed by atoms with Crippen molar-refractivity contribution in [2.75, 3.05) is 0 Å². The number of hydrogen-bond donors (Lipinski definition) is 4. The number of carboxylic acids is 2. The van der Waals surface area contributed by atoms with E-state index in [-0.39, 0.29) is 0 Å². The molecule has 0 aromatic heterocycles. The smallest absolute Gasteiger partial charge is 0.341 e. The lowest BCUT2D eigenvalue weighted by Crippen LogP contribution is -2.22. The van der Waals surface area contributed by atoms with Crippen LogP contribution < -0.4 is 0 Å². The molecular weight excluding hydrogens is 266 g/mol. The zero-order valence-electron chi connectivity index (χ0n) is 9.38. The molecule has 0 fully saturated rings. The lowest BCUT2D eigenvalue weighted by molar-refractivity contribution is -0.141. The Kier molecular flexibility index (Phi) is 4.52. The molecule has 0 aliphatic rings. The van der Waals surface area contributed by atoms with Crippen LogP contribution in [0.5, 0.6) is 0 Å². The number of halogens is 2. The van der Waals surface area contributed by atoms with E-state index < -0.39 is 53.3 Å². The first kappa shape index (κ1) is 15.0. The Balaban J connectivity index is 3.09. The van der Waals surface area contributed by atoms with E-state index in [1.165, 1.54) is 0 Å². The summed E-state index contributed by atoms with van der Waals surface area (Å²) >= 11 is 0. The third-order valence-corrected chi connectivity index (χ3v) is 2.37. The molecule has 2 atom stereocenters. The number of aromatic carboxylic acids is 1. The molecule has 4 N–H and O–H groups in total. The van der Waals surface area contributed by atoms with Gasteiger partial charge < -0.3 is 20.4 Å². The average Bonchev–Trinajstić information content (AvgIpc) is 2.25. The van der Waals surface area contributed by atoms with Crippen molar-refractivity contribution in [3.8, 4) is 0 Å². The van der Waals surface area contributed by atoms with Crippen LogP contribution in [0.15, 0.2) is 12.1 Å². The fraction of sp³-hybridized carbons (Fsp3) is 0.273. The van der Waals surface area contributed by atoms with Gasteiger partial charge in [0, 0.05) is 0 Å². The first-order chi connectivity index (χ1) is 8.73. The second kappa shape index (κ2) is 5.72. The van der Waals surface area contributed by atoms with E-state index in [2.05, 4.69) is 0 Å². The number of rotatable bonds is 5. The highest BCUT2D eigenvalue weighted by atomic mass is 19.1. The van der Waals surface area contributed by atoms with Crippen molar-refractivity contribution in [1.82, 2.24) is 0 Å². The van der Waals surface area contributed by atoms with Gasteiger partial charge >= 0.3 is 11.9 Å². The Bertz CT molecular complexity index is 493. The van der Waals surface area contributed by atoms with Crippen molar-refractivity contribution in [2.24, 2.45) is 0 Å². The van der Waals surface area contributed by atoms with Gasteiger partial charge in [0.25, 0.3) is 0 Å². The van der Waals surface area contributed by atoms with E-state index in [1.54, 1.807) is 0 Å². The number of aliphatic hydroxyl groups is 2. The Hall–Kier alpha value is -2.06. The summed E-state index contributed by atoms with van der Waals surface area (Å²) in [6.07, 6.45) is -4.44. The molecule has 0 saturated carbocycles. The quantitative estimate of drug-likeness (QED) is 0.623. The molecule has 1 aromatic rings. The second-order valence-electron chi connectivity index (χ2n) is 3.77. The molecule has 0 radical (unpaired) electrons. The SMILES string of the molecule is O=C(O)CC(O)C(O)c1cc(F)c(C(=O)O)c(F)c1. The van der Waals surface area contributed by atoms with Crippen molar-refractivity contribution in [3.05, 3.63) is 34.9 Å². The minimum atomic E-state index is -1.84. The number of benzene rings is 1. The van der Waals surface area contributed by atoms with Gasteiger partial charge in [0.15, 0.2) is 0 Å². The molecule has 19 heavy (non-hydrogen) atoms. The van der Waals surface area contributed by atoms with E-state index >= 15 is 0 Å². The molecule has 104 valence electrons. The van der Waals surface area contributed by atoms with Crippen LogP contribution in [-0.2, 0) is 4.79 Å². The highest BCUT2D eigenvalue weighted by Gasteiger charge is 2.25. The van der Waals surface area contributed by atoms with Crippen LogP contribution in [0.4, 0.5) is 8.78 Å². The van der Waals surface area contributed by atoms with Crippen molar-refractivity contribution >= 4 is 11.9 Å². The molecule has 1 aromatic carbocycles. The summed E-state index contributed by atoms with van der Waals surface area (Å²) < 4.78 is 26.6. The van der Waals surface area contributed by atoms with Crippen LogP contribution in [0.25, 0.3) is 0 Å². The maximum atomic E-state index is 13.3. The van der Waals surface area contributed by atoms with Crippen LogP contribution in [0.1, 0.15) is 28.4 Å². The number of carbonyl (C=O) groups is 2. The molecule has 0 saturated heterocycles. The molecule has 0 amide bonds. The van der Waals surface area contributed by atoms with Gasteiger partial charge in [0.1, 0.15) is 23.3 Å². The Morgan fingerprint density at radius 2 is 1.58 bits per heavy atom. The minimum Gasteiger partial charge on any atom is -0.481 e. The monoisotopic (exact) mass is 276 g/mol. The maximum absolute atomic E-state index is 13.3. The Labute approximate surface area is 105 Å². The number of hydrogen-bond acceptors (Lipinski definition) is 4. The lowest BCUT2D eigenvalue weighted by Gasteiger charge is -2.17. The van der Waals surface area contributed by atoms with Crippen molar-refractivity contribution in [3.63, 3.8) is 0 Å². The number of aliphatic carboxylic acids is 1. The molecule has 6 nitrogen and oxygen atoms in total. The Morgan fingerprint density at radius 3 is 1.95 bits per heavy atom. The van der Waals surface area contributed by atoms with Gasteiger partial charge in [-0.15, -0.1) is 0 Å². The second-order valence-corrected chi connectivity index (χ2v) is 3.77. The van der Waals surface area contributed by atoms with Gasteiger partial charge in [0.2, 0.25) is 0 Å². The summed E-state index contributed by atoms with van der Waals surface area (Å²) in [4.78, 5) is 20.9. The number of aliphatic hydroxyl groups excluding tert-OH is 2. The predicted octanol–water partition coefficient (Wildman–Crippen LogP) is 0.532. The van der Waals surface area contributed by atoms with Crippen molar-refractivity contribution in [2.45, 2.75) is 18.6 Å². The molecule has 0 aliphatic carbocycles. The summed E-state index contributed by atoms with van der Waals surface area (Å²) in [5, 5.41) is 35.8. The molecule has 0 aliphatic heterocycles.